The third-order valence-electron chi connectivity index (χ3n) is 3.00. The first-order valence-electron chi connectivity index (χ1n) is 5.13. The molecule has 0 atom stereocenters. The Balaban J connectivity index is 2.18. The standard InChI is InChI=1S/C14H12O/c1-15-12-6-7-14-11(9-12)8-10-4-2-3-5-13(10)14/h2-7,9H,8H2,1H3. The molecule has 74 valence electrons. The van der Waals surface area contributed by atoms with Crippen LogP contribution in [0.3, 0.4) is 0 Å². The summed E-state index contributed by atoms with van der Waals surface area (Å²) in [5.41, 5.74) is 5.51. The van der Waals surface area contributed by atoms with Crippen molar-refractivity contribution in [3.63, 3.8) is 0 Å². The second-order valence-corrected chi connectivity index (χ2v) is 3.86. The first-order valence-corrected chi connectivity index (χ1v) is 5.13. The van der Waals surface area contributed by atoms with Gasteiger partial charge in [0.15, 0.2) is 0 Å². The van der Waals surface area contributed by atoms with Crippen molar-refractivity contribution in [1.82, 2.24) is 0 Å². The molecule has 1 heteroatoms. The molecule has 0 spiro atoms. The van der Waals surface area contributed by atoms with Crippen LogP contribution >= 0.6 is 0 Å². The van der Waals surface area contributed by atoms with E-state index in [1.165, 1.54) is 22.3 Å². The molecule has 0 radical (unpaired) electrons. The molecule has 0 saturated heterocycles. The minimum absolute atomic E-state index is 0.946. The fourth-order valence-electron chi connectivity index (χ4n) is 2.25. The molecule has 2 aromatic carbocycles. The molecule has 3 rings (SSSR count). The van der Waals surface area contributed by atoms with Crippen molar-refractivity contribution in [2.24, 2.45) is 0 Å². The maximum absolute atomic E-state index is 5.24. The lowest BCUT2D eigenvalue weighted by Crippen LogP contribution is -1.85. The molecule has 2 aromatic rings. The van der Waals surface area contributed by atoms with E-state index in [0.29, 0.717) is 0 Å². The Morgan fingerprint density at radius 1 is 0.933 bits per heavy atom. The van der Waals surface area contributed by atoms with Gasteiger partial charge in [-0.25, -0.2) is 0 Å². The SMILES string of the molecule is COc1ccc2c(c1)Cc1ccccc1-2. The average Bonchev–Trinajstić information content (AvgIpc) is 2.66. The predicted molar refractivity (Wildman–Crippen MR) is 61.2 cm³/mol. The van der Waals surface area contributed by atoms with E-state index < -0.39 is 0 Å². The highest BCUT2D eigenvalue weighted by molar-refractivity contribution is 5.77. The zero-order chi connectivity index (χ0) is 10.3. The van der Waals surface area contributed by atoms with Gasteiger partial charge >= 0.3 is 0 Å². The van der Waals surface area contributed by atoms with Crippen molar-refractivity contribution in [3.05, 3.63) is 53.6 Å². The fourth-order valence-corrected chi connectivity index (χ4v) is 2.25. The van der Waals surface area contributed by atoms with Gasteiger partial charge in [-0.15, -0.1) is 0 Å². The fraction of sp³-hybridized carbons (Fsp3) is 0.143. The van der Waals surface area contributed by atoms with Crippen molar-refractivity contribution in [2.45, 2.75) is 6.42 Å². The number of hydrogen-bond donors (Lipinski definition) is 0. The normalized spacial score (nSPS) is 12.1. The first-order chi connectivity index (χ1) is 7.38. The van der Waals surface area contributed by atoms with E-state index in [9.17, 15) is 0 Å². The summed E-state index contributed by atoms with van der Waals surface area (Å²) in [6.07, 6.45) is 1.03. The van der Waals surface area contributed by atoms with Gasteiger partial charge in [0, 0.05) is 0 Å². The Hall–Kier alpha value is -1.76. The van der Waals surface area contributed by atoms with Gasteiger partial charge in [0.2, 0.25) is 0 Å². The predicted octanol–water partition coefficient (Wildman–Crippen LogP) is 3.27. The van der Waals surface area contributed by atoms with Crippen LogP contribution in [0.4, 0.5) is 0 Å². The van der Waals surface area contributed by atoms with E-state index in [4.69, 9.17) is 4.74 Å². The molecule has 0 aliphatic heterocycles. The maximum Gasteiger partial charge on any atom is 0.119 e. The maximum atomic E-state index is 5.24. The lowest BCUT2D eigenvalue weighted by molar-refractivity contribution is 0.414. The van der Waals surface area contributed by atoms with Gasteiger partial charge in [-0.1, -0.05) is 30.3 Å². The van der Waals surface area contributed by atoms with Crippen LogP contribution in [-0.2, 0) is 6.42 Å². The van der Waals surface area contributed by atoms with E-state index in [1.807, 2.05) is 6.07 Å². The summed E-state index contributed by atoms with van der Waals surface area (Å²) in [6.45, 7) is 0. The molecule has 1 aliphatic rings. The Morgan fingerprint density at radius 3 is 2.60 bits per heavy atom. The highest BCUT2D eigenvalue weighted by Crippen LogP contribution is 2.37. The Labute approximate surface area is 89.3 Å². The summed E-state index contributed by atoms with van der Waals surface area (Å²) in [5.74, 6) is 0.946. The number of hydrogen-bond acceptors (Lipinski definition) is 1. The van der Waals surface area contributed by atoms with Gasteiger partial charge in [0.05, 0.1) is 7.11 Å². The zero-order valence-corrected chi connectivity index (χ0v) is 8.66. The number of ether oxygens (including phenoxy) is 1. The number of benzene rings is 2. The Kier molecular flexibility index (Phi) is 1.78. The van der Waals surface area contributed by atoms with Crippen LogP contribution in [0.5, 0.6) is 5.75 Å². The molecule has 0 N–H and O–H groups in total. The third kappa shape index (κ3) is 1.23. The molecule has 15 heavy (non-hydrogen) atoms. The molecule has 0 fully saturated rings. The van der Waals surface area contributed by atoms with E-state index in [2.05, 4.69) is 36.4 Å². The number of rotatable bonds is 1. The Bertz CT molecular complexity index is 514. The minimum Gasteiger partial charge on any atom is -0.497 e. The molecule has 0 heterocycles. The van der Waals surface area contributed by atoms with Crippen LogP contribution in [0.25, 0.3) is 11.1 Å². The van der Waals surface area contributed by atoms with Crippen molar-refractivity contribution >= 4 is 0 Å². The van der Waals surface area contributed by atoms with Crippen LogP contribution in [0.15, 0.2) is 42.5 Å². The summed E-state index contributed by atoms with van der Waals surface area (Å²) in [5, 5.41) is 0. The van der Waals surface area contributed by atoms with Crippen LogP contribution < -0.4 is 4.74 Å². The summed E-state index contributed by atoms with van der Waals surface area (Å²) >= 11 is 0. The highest BCUT2D eigenvalue weighted by atomic mass is 16.5. The molecule has 1 aliphatic carbocycles. The van der Waals surface area contributed by atoms with Gasteiger partial charge in [0.25, 0.3) is 0 Å². The quantitative estimate of drug-likeness (QED) is 0.580. The van der Waals surface area contributed by atoms with Crippen LogP contribution in [-0.4, -0.2) is 7.11 Å². The van der Waals surface area contributed by atoms with E-state index in [0.717, 1.165) is 12.2 Å². The zero-order valence-electron chi connectivity index (χ0n) is 8.66. The van der Waals surface area contributed by atoms with Crippen molar-refractivity contribution in [2.75, 3.05) is 7.11 Å². The van der Waals surface area contributed by atoms with Crippen molar-refractivity contribution < 1.29 is 4.74 Å². The van der Waals surface area contributed by atoms with Crippen molar-refractivity contribution in [3.8, 4) is 16.9 Å². The Morgan fingerprint density at radius 2 is 1.73 bits per heavy atom. The summed E-state index contributed by atoms with van der Waals surface area (Å²) < 4.78 is 5.24. The molecule has 0 bridgehead atoms. The number of methoxy groups -OCH3 is 1. The van der Waals surface area contributed by atoms with Crippen molar-refractivity contribution in [1.29, 1.82) is 0 Å². The topological polar surface area (TPSA) is 9.23 Å². The molecule has 1 nitrogen and oxygen atoms in total. The average molecular weight is 196 g/mol. The molecule has 0 saturated carbocycles. The summed E-state index contributed by atoms with van der Waals surface area (Å²) in [4.78, 5) is 0. The molecular formula is C14H12O. The first kappa shape index (κ1) is 8.54. The molecule has 0 amide bonds. The second kappa shape index (κ2) is 3.13. The van der Waals surface area contributed by atoms with Gasteiger partial charge in [0.1, 0.15) is 5.75 Å². The van der Waals surface area contributed by atoms with E-state index >= 15 is 0 Å². The smallest absolute Gasteiger partial charge is 0.119 e. The van der Waals surface area contributed by atoms with Crippen LogP contribution in [0, 0.1) is 0 Å². The minimum atomic E-state index is 0.946. The monoisotopic (exact) mass is 196 g/mol. The van der Waals surface area contributed by atoms with E-state index in [-0.39, 0.29) is 0 Å². The van der Waals surface area contributed by atoms with Crippen LogP contribution in [0.2, 0.25) is 0 Å². The molecular weight excluding hydrogens is 184 g/mol. The van der Waals surface area contributed by atoms with Gasteiger partial charge in [-0.3, -0.25) is 0 Å². The van der Waals surface area contributed by atoms with Crippen LogP contribution in [0.1, 0.15) is 11.1 Å². The lowest BCUT2D eigenvalue weighted by atomic mass is 10.1. The lowest BCUT2D eigenvalue weighted by Gasteiger charge is -2.03. The van der Waals surface area contributed by atoms with Gasteiger partial charge in [-0.05, 0) is 40.8 Å². The number of fused-ring (bicyclic) bond motifs is 3. The van der Waals surface area contributed by atoms with Gasteiger partial charge < -0.3 is 4.74 Å². The van der Waals surface area contributed by atoms with E-state index in [1.54, 1.807) is 7.11 Å². The largest absolute Gasteiger partial charge is 0.497 e. The second-order valence-electron chi connectivity index (χ2n) is 3.86. The summed E-state index contributed by atoms with van der Waals surface area (Å²) in [6, 6.07) is 14.9. The molecule has 0 aromatic heterocycles. The molecule has 0 unspecified atom stereocenters. The third-order valence-corrected chi connectivity index (χ3v) is 3.00. The van der Waals surface area contributed by atoms with Gasteiger partial charge in [-0.2, -0.15) is 0 Å². The highest BCUT2D eigenvalue weighted by Gasteiger charge is 2.17. The summed E-state index contributed by atoms with van der Waals surface area (Å²) in [7, 11) is 1.71.